The summed E-state index contributed by atoms with van der Waals surface area (Å²) in [6.07, 6.45) is 5.25. The van der Waals surface area contributed by atoms with Crippen molar-refractivity contribution in [3.8, 4) is 0 Å². The fraction of sp³-hybridized carbons (Fsp3) is 0.324. The number of hydrogen-bond donors (Lipinski definition) is 0. The number of carbonyl (C=O) groups is 1. The highest BCUT2D eigenvalue weighted by Crippen LogP contribution is 2.34. The molecule has 0 spiro atoms. The van der Waals surface area contributed by atoms with Gasteiger partial charge in [-0.1, -0.05) is 109 Å². The number of esters is 1. The molecule has 0 fully saturated rings. The molecule has 4 rings (SSSR count). The number of carbonyl (C=O) groups excluding carboxylic acids is 1. The largest absolute Gasteiger partial charge is 0.467 e. The van der Waals surface area contributed by atoms with Gasteiger partial charge in [-0.3, -0.25) is 4.90 Å². The summed E-state index contributed by atoms with van der Waals surface area (Å²) in [5.41, 5.74) is 4.34. The molecule has 0 aromatic heterocycles. The Morgan fingerprint density at radius 3 is 1.95 bits per heavy atom. The molecule has 3 aromatic carbocycles. The summed E-state index contributed by atoms with van der Waals surface area (Å²) in [6, 6.07) is 30.5. The Labute approximate surface area is 227 Å². The smallest absolute Gasteiger partial charge is 0.344 e. The molecule has 3 aromatic rings. The Bertz CT molecular complexity index is 1160. The van der Waals surface area contributed by atoms with Crippen LogP contribution in [0.1, 0.15) is 42.9 Å². The average molecular weight is 510 g/mol. The third-order valence-electron chi connectivity index (χ3n) is 7.41. The van der Waals surface area contributed by atoms with Gasteiger partial charge in [-0.25, -0.2) is 4.79 Å². The minimum atomic E-state index is -1.27. The van der Waals surface area contributed by atoms with E-state index in [9.17, 15) is 4.79 Å². The Kier molecular flexibility index (Phi) is 9.69. The second-order valence-electron chi connectivity index (χ2n) is 10.3. The minimum Gasteiger partial charge on any atom is -0.467 e. The van der Waals surface area contributed by atoms with Crippen LogP contribution in [0.4, 0.5) is 0 Å². The molecule has 4 nitrogen and oxygen atoms in total. The fourth-order valence-electron chi connectivity index (χ4n) is 5.18. The van der Waals surface area contributed by atoms with Crippen LogP contribution in [0.15, 0.2) is 115 Å². The van der Waals surface area contributed by atoms with Crippen molar-refractivity contribution in [1.82, 2.24) is 4.90 Å². The van der Waals surface area contributed by atoms with E-state index in [1.54, 1.807) is 0 Å². The summed E-state index contributed by atoms with van der Waals surface area (Å²) >= 11 is 0. The highest BCUT2D eigenvalue weighted by atomic mass is 16.6. The molecule has 2 atom stereocenters. The predicted octanol–water partition coefficient (Wildman–Crippen LogP) is 7.08. The lowest BCUT2D eigenvalue weighted by Gasteiger charge is -2.37. The lowest BCUT2D eigenvalue weighted by atomic mass is 9.85. The van der Waals surface area contributed by atoms with Gasteiger partial charge in [0.15, 0.2) is 0 Å². The van der Waals surface area contributed by atoms with Crippen LogP contribution < -0.4 is 0 Å². The van der Waals surface area contributed by atoms with E-state index >= 15 is 0 Å². The lowest BCUT2D eigenvalue weighted by molar-refractivity contribution is -0.174. The molecule has 0 aliphatic heterocycles. The maximum absolute atomic E-state index is 13.7. The number of allylic oxidation sites excluding steroid dienone is 2. The maximum atomic E-state index is 13.7. The minimum absolute atomic E-state index is 0.356. The van der Waals surface area contributed by atoms with E-state index in [2.05, 4.69) is 48.7 Å². The van der Waals surface area contributed by atoms with Crippen LogP contribution in [-0.4, -0.2) is 31.1 Å². The van der Waals surface area contributed by atoms with E-state index in [0.29, 0.717) is 32.2 Å². The van der Waals surface area contributed by atoms with Gasteiger partial charge in [0.1, 0.15) is 0 Å². The molecular weight excluding hydrogens is 470 g/mol. The Morgan fingerprint density at radius 2 is 1.47 bits per heavy atom. The van der Waals surface area contributed by atoms with Crippen LogP contribution in [0.25, 0.3) is 0 Å². The van der Waals surface area contributed by atoms with Crippen molar-refractivity contribution in [1.29, 1.82) is 0 Å². The van der Waals surface area contributed by atoms with E-state index in [1.807, 2.05) is 66.7 Å². The van der Waals surface area contributed by atoms with Gasteiger partial charge >= 0.3 is 5.97 Å². The summed E-state index contributed by atoms with van der Waals surface area (Å²) in [4.78, 5) is 16.0. The number of methoxy groups -OCH3 is 1. The predicted molar refractivity (Wildman–Crippen MR) is 153 cm³/mol. The molecule has 0 saturated heterocycles. The van der Waals surface area contributed by atoms with Gasteiger partial charge in [0, 0.05) is 19.6 Å². The van der Waals surface area contributed by atoms with Crippen LogP contribution in [0.2, 0.25) is 0 Å². The summed E-state index contributed by atoms with van der Waals surface area (Å²) in [6.45, 7) is 8.33. The summed E-state index contributed by atoms with van der Waals surface area (Å²) in [5.74, 6) is 0.136. The number of benzene rings is 3. The molecule has 0 N–H and O–H groups in total. The highest BCUT2D eigenvalue weighted by molar-refractivity contribution is 5.81. The van der Waals surface area contributed by atoms with Crippen molar-refractivity contribution in [3.05, 3.63) is 131 Å². The van der Waals surface area contributed by atoms with Gasteiger partial charge in [-0.2, -0.15) is 0 Å². The molecule has 0 saturated carbocycles. The zero-order chi connectivity index (χ0) is 26.8. The first-order valence-corrected chi connectivity index (χ1v) is 13.4. The Morgan fingerprint density at radius 1 is 0.921 bits per heavy atom. The van der Waals surface area contributed by atoms with Crippen molar-refractivity contribution in [2.24, 2.45) is 5.92 Å². The van der Waals surface area contributed by atoms with E-state index in [0.717, 1.165) is 24.8 Å². The maximum Gasteiger partial charge on any atom is 0.344 e. The van der Waals surface area contributed by atoms with Crippen LogP contribution in [0.3, 0.4) is 0 Å². The molecule has 38 heavy (non-hydrogen) atoms. The molecule has 0 amide bonds. The normalized spacial score (nSPS) is 16.9. The second kappa shape index (κ2) is 13.4. The van der Waals surface area contributed by atoms with Gasteiger partial charge in [-0.05, 0) is 54.4 Å². The zero-order valence-corrected chi connectivity index (χ0v) is 22.6. The van der Waals surface area contributed by atoms with Gasteiger partial charge < -0.3 is 9.47 Å². The lowest BCUT2D eigenvalue weighted by Crippen LogP contribution is -2.49. The molecule has 4 heteroatoms. The van der Waals surface area contributed by atoms with Crippen molar-refractivity contribution < 1.29 is 14.3 Å². The molecule has 1 aliphatic carbocycles. The van der Waals surface area contributed by atoms with E-state index in [4.69, 9.17) is 9.47 Å². The van der Waals surface area contributed by atoms with Crippen molar-refractivity contribution in [3.63, 3.8) is 0 Å². The number of nitrogens with zero attached hydrogens (tertiary/aromatic N) is 1. The number of hydrogen-bond acceptors (Lipinski definition) is 4. The molecule has 1 aliphatic rings. The van der Waals surface area contributed by atoms with Gasteiger partial charge in [0.05, 0.1) is 13.7 Å². The topological polar surface area (TPSA) is 38.8 Å². The summed E-state index contributed by atoms with van der Waals surface area (Å²) in [7, 11) is 1.44. The van der Waals surface area contributed by atoms with Gasteiger partial charge in [0.25, 0.3) is 0 Å². The second-order valence-corrected chi connectivity index (χ2v) is 10.3. The summed E-state index contributed by atoms with van der Waals surface area (Å²) < 4.78 is 12.1. The number of rotatable bonds is 12. The monoisotopic (exact) mass is 509 g/mol. The molecule has 0 bridgehead atoms. The molecule has 0 unspecified atom stereocenters. The fourth-order valence-corrected chi connectivity index (χ4v) is 5.18. The van der Waals surface area contributed by atoms with Crippen molar-refractivity contribution >= 4 is 5.97 Å². The molecule has 198 valence electrons. The first-order valence-electron chi connectivity index (χ1n) is 13.4. The van der Waals surface area contributed by atoms with Crippen molar-refractivity contribution in [2.45, 2.75) is 44.9 Å². The number of ether oxygens (including phenoxy) is 2. The Balaban J connectivity index is 1.67. The highest BCUT2D eigenvalue weighted by Gasteiger charge is 2.44. The van der Waals surface area contributed by atoms with Crippen LogP contribution in [0.5, 0.6) is 0 Å². The van der Waals surface area contributed by atoms with Crippen LogP contribution >= 0.6 is 0 Å². The van der Waals surface area contributed by atoms with Crippen molar-refractivity contribution in [2.75, 3.05) is 20.3 Å². The average Bonchev–Trinajstić information content (AvgIpc) is 2.96. The van der Waals surface area contributed by atoms with E-state index in [-0.39, 0.29) is 5.97 Å². The van der Waals surface area contributed by atoms with Gasteiger partial charge in [-0.15, -0.1) is 0 Å². The molecular formula is C34H39NO3. The Hall–Kier alpha value is -3.47. The summed E-state index contributed by atoms with van der Waals surface area (Å²) in [5, 5.41) is 0. The first kappa shape index (κ1) is 27.6. The third kappa shape index (κ3) is 7.09. The SMILES string of the molecule is C=C(C)[C@@H]1CC=C(CO[C@@](CN(Cc2ccccc2)Cc2ccccc2)(C(=O)OC)c2ccccc2)CC1. The van der Waals surface area contributed by atoms with Crippen LogP contribution in [0, 0.1) is 5.92 Å². The third-order valence-corrected chi connectivity index (χ3v) is 7.41. The quantitative estimate of drug-likeness (QED) is 0.193. The van der Waals surface area contributed by atoms with Crippen LogP contribution in [-0.2, 0) is 33.0 Å². The van der Waals surface area contributed by atoms with E-state index in [1.165, 1.54) is 29.4 Å². The standard InChI is InChI=1S/C34H39NO3/c1-27(2)31-21-19-30(20-22-31)25-38-34(33(36)37-3,32-17-11-6-12-18-32)26-35(23-28-13-7-4-8-14-28)24-29-15-9-5-10-16-29/h4-19,31H,1,20-26H2,2-3H3/t31-,34-/m1/s1. The van der Waals surface area contributed by atoms with Gasteiger partial charge in [0.2, 0.25) is 5.60 Å². The molecule has 0 radical (unpaired) electrons. The van der Waals surface area contributed by atoms with E-state index < -0.39 is 5.60 Å². The first-order chi connectivity index (χ1) is 18.5. The molecule has 0 heterocycles. The zero-order valence-electron chi connectivity index (χ0n) is 22.6.